The average Bonchev–Trinajstić information content (AvgIpc) is 2.88. The quantitative estimate of drug-likeness (QED) is 0.256. The predicted octanol–water partition coefficient (Wildman–Crippen LogP) is 7.17. The van der Waals surface area contributed by atoms with Gasteiger partial charge in [-0.1, -0.05) is 68.7 Å². The topological polar surface area (TPSA) is 27.7 Å². The van der Waals surface area contributed by atoms with Crippen LogP contribution < -0.4 is 0 Å². The summed E-state index contributed by atoms with van der Waals surface area (Å²) in [6, 6.07) is 16.1. The van der Waals surface area contributed by atoms with Crippen LogP contribution in [-0.4, -0.2) is 32.2 Å². The monoisotopic (exact) mass is 482 g/mol. The van der Waals surface area contributed by atoms with Crippen molar-refractivity contribution in [3.8, 4) is 0 Å². The van der Waals surface area contributed by atoms with Crippen LogP contribution in [0.15, 0.2) is 54.6 Å². The Kier molecular flexibility index (Phi) is 9.64. The van der Waals surface area contributed by atoms with Crippen LogP contribution >= 0.6 is 0 Å². The normalized spacial score (nSPS) is 18.3. The van der Waals surface area contributed by atoms with Crippen LogP contribution in [0.4, 0.5) is 8.78 Å². The third kappa shape index (κ3) is 7.57. The Balaban J connectivity index is 1.24. The minimum atomic E-state index is -0.255. The molecular weight excluding hydrogens is 446 g/mol. The number of hydrogen-bond acceptors (Lipinski definition) is 3. The van der Waals surface area contributed by atoms with Gasteiger partial charge < -0.3 is 14.2 Å². The molecule has 1 heterocycles. The van der Waals surface area contributed by atoms with Gasteiger partial charge in [-0.3, -0.25) is 0 Å². The fraction of sp³-hybridized carbons (Fsp3) is 0.467. The highest BCUT2D eigenvalue weighted by Crippen LogP contribution is 2.25. The third-order valence-electron chi connectivity index (χ3n) is 6.65. The van der Waals surface area contributed by atoms with Crippen LogP contribution in [-0.2, 0) is 33.5 Å². The first-order valence-corrected chi connectivity index (χ1v) is 12.9. The van der Waals surface area contributed by atoms with Crippen molar-refractivity contribution in [2.24, 2.45) is 0 Å². The molecule has 5 heteroatoms. The lowest BCUT2D eigenvalue weighted by molar-refractivity contribution is -0.227. The highest BCUT2D eigenvalue weighted by molar-refractivity contribution is 5.84. The highest BCUT2D eigenvalue weighted by atomic mass is 19.1. The van der Waals surface area contributed by atoms with Gasteiger partial charge in [0.15, 0.2) is 6.29 Å². The SMILES string of the molecule is CCCCCCOC1COC(CCc2ccc3c(F)c(CCc4ccc(F)cc4)ccc3c2)OC1. The van der Waals surface area contributed by atoms with Crippen molar-refractivity contribution >= 4 is 10.8 Å². The molecule has 0 N–H and O–H groups in total. The van der Waals surface area contributed by atoms with E-state index >= 15 is 4.39 Å². The summed E-state index contributed by atoms with van der Waals surface area (Å²) in [6.07, 6.45) is 7.38. The Morgan fingerprint density at radius 1 is 0.829 bits per heavy atom. The van der Waals surface area contributed by atoms with Gasteiger partial charge in [0.1, 0.15) is 17.7 Å². The molecule has 1 aliphatic rings. The highest BCUT2D eigenvalue weighted by Gasteiger charge is 2.22. The van der Waals surface area contributed by atoms with E-state index in [4.69, 9.17) is 14.2 Å². The Labute approximate surface area is 207 Å². The molecule has 0 atom stereocenters. The van der Waals surface area contributed by atoms with Gasteiger partial charge in [0.25, 0.3) is 0 Å². The molecule has 188 valence electrons. The molecule has 0 unspecified atom stereocenters. The van der Waals surface area contributed by atoms with Crippen LogP contribution in [0, 0.1) is 11.6 Å². The fourth-order valence-electron chi connectivity index (χ4n) is 4.52. The maximum absolute atomic E-state index is 15.1. The second kappa shape index (κ2) is 13.1. The van der Waals surface area contributed by atoms with E-state index in [9.17, 15) is 4.39 Å². The number of rotatable bonds is 12. The standard InChI is InChI=1S/C30H36F2O3/c1-2-3-4-5-18-33-27-20-34-29(35-21-27)17-10-23-9-16-28-25(19-23)13-12-24(30(28)32)11-6-22-7-14-26(31)15-8-22/h7-9,12-16,19,27,29H,2-6,10-11,17-18,20-21H2,1H3. The van der Waals surface area contributed by atoms with Crippen molar-refractivity contribution in [1.82, 2.24) is 0 Å². The molecule has 1 fully saturated rings. The first-order chi connectivity index (χ1) is 17.1. The van der Waals surface area contributed by atoms with E-state index < -0.39 is 0 Å². The summed E-state index contributed by atoms with van der Waals surface area (Å²) in [4.78, 5) is 0. The van der Waals surface area contributed by atoms with Gasteiger partial charge in [0.05, 0.1) is 13.2 Å². The van der Waals surface area contributed by atoms with E-state index in [2.05, 4.69) is 6.92 Å². The molecule has 35 heavy (non-hydrogen) atoms. The van der Waals surface area contributed by atoms with E-state index in [1.165, 1.54) is 31.4 Å². The number of hydrogen-bond donors (Lipinski definition) is 0. The van der Waals surface area contributed by atoms with E-state index in [1.54, 1.807) is 12.1 Å². The lowest BCUT2D eigenvalue weighted by atomic mass is 9.98. The van der Waals surface area contributed by atoms with Crippen molar-refractivity contribution in [2.45, 2.75) is 70.7 Å². The average molecular weight is 483 g/mol. The summed E-state index contributed by atoms with van der Waals surface area (Å²) in [6.45, 7) is 4.11. The molecule has 4 rings (SSSR count). The molecule has 1 aliphatic heterocycles. The molecule has 0 aliphatic carbocycles. The Hall–Kier alpha value is -2.34. The van der Waals surface area contributed by atoms with Gasteiger partial charge in [-0.2, -0.15) is 0 Å². The van der Waals surface area contributed by atoms with Crippen LogP contribution in [0.1, 0.15) is 55.7 Å². The van der Waals surface area contributed by atoms with Crippen molar-refractivity contribution in [1.29, 1.82) is 0 Å². The molecule has 3 nitrogen and oxygen atoms in total. The van der Waals surface area contributed by atoms with Crippen LogP contribution in [0.5, 0.6) is 0 Å². The predicted molar refractivity (Wildman–Crippen MR) is 136 cm³/mol. The van der Waals surface area contributed by atoms with Gasteiger partial charge in [0.2, 0.25) is 0 Å². The molecule has 0 aromatic heterocycles. The van der Waals surface area contributed by atoms with E-state index in [0.29, 0.717) is 37.0 Å². The van der Waals surface area contributed by atoms with E-state index in [1.807, 2.05) is 30.3 Å². The lowest BCUT2D eigenvalue weighted by Crippen LogP contribution is -2.37. The van der Waals surface area contributed by atoms with Gasteiger partial charge in [-0.15, -0.1) is 0 Å². The summed E-state index contributed by atoms with van der Waals surface area (Å²) in [5.74, 6) is -0.426. The maximum Gasteiger partial charge on any atom is 0.158 e. The Morgan fingerprint density at radius 3 is 2.37 bits per heavy atom. The minimum absolute atomic E-state index is 0.0220. The first-order valence-electron chi connectivity index (χ1n) is 12.9. The van der Waals surface area contributed by atoms with Crippen LogP contribution in [0.3, 0.4) is 0 Å². The second-order valence-electron chi connectivity index (χ2n) is 9.41. The Morgan fingerprint density at radius 2 is 1.60 bits per heavy atom. The summed E-state index contributed by atoms with van der Waals surface area (Å²) in [5, 5.41) is 1.53. The number of ether oxygens (including phenoxy) is 3. The summed E-state index contributed by atoms with van der Waals surface area (Å²) >= 11 is 0. The molecule has 0 radical (unpaired) electrons. The van der Waals surface area contributed by atoms with Crippen molar-refractivity contribution in [3.05, 3.63) is 82.9 Å². The fourth-order valence-corrected chi connectivity index (χ4v) is 4.52. The molecule has 0 bridgehead atoms. The van der Waals surface area contributed by atoms with Crippen LogP contribution in [0.25, 0.3) is 10.8 Å². The zero-order valence-electron chi connectivity index (χ0n) is 20.6. The molecule has 1 saturated heterocycles. The van der Waals surface area contributed by atoms with Crippen LogP contribution in [0.2, 0.25) is 0 Å². The summed E-state index contributed by atoms with van der Waals surface area (Å²) < 4.78 is 45.8. The van der Waals surface area contributed by atoms with Gasteiger partial charge in [-0.05, 0) is 59.9 Å². The zero-order chi connectivity index (χ0) is 24.5. The van der Waals surface area contributed by atoms with Crippen molar-refractivity contribution in [3.63, 3.8) is 0 Å². The number of benzene rings is 3. The van der Waals surface area contributed by atoms with Gasteiger partial charge >= 0.3 is 0 Å². The zero-order valence-corrected chi connectivity index (χ0v) is 20.6. The molecule has 3 aromatic carbocycles. The number of fused-ring (bicyclic) bond motifs is 1. The molecular formula is C30H36F2O3. The van der Waals surface area contributed by atoms with E-state index in [-0.39, 0.29) is 24.0 Å². The number of aryl methyl sites for hydroxylation is 3. The lowest BCUT2D eigenvalue weighted by Gasteiger charge is -2.29. The van der Waals surface area contributed by atoms with Crippen molar-refractivity contribution in [2.75, 3.05) is 19.8 Å². The number of unbranched alkanes of at least 4 members (excludes halogenated alkanes) is 3. The molecule has 3 aromatic rings. The largest absolute Gasteiger partial charge is 0.373 e. The maximum atomic E-state index is 15.1. The summed E-state index contributed by atoms with van der Waals surface area (Å²) in [7, 11) is 0. The minimum Gasteiger partial charge on any atom is -0.373 e. The summed E-state index contributed by atoms with van der Waals surface area (Å²) in [5.41, 5.74) is 2.82. The molecule has 0 saturated carbocycles. The molecule has 0 amide bonds. The second-order valence-corrected chi connectivity index (χ2v) is 9.41. The van der Waals surface area contributed by atoms with Gasteiger partial charge in [-0.25, -0.2) is 8.78 Å². The first kappa shape index (κ1) is 25.7. The van der Waals surface area contributed by atoms with E-state index in [0.717, 1.165) is 42.4 Å². The third-order valence-corrected chi connectivity index (χ3v) is 6.65. The van der Waals surface area contributed by atoms with Gasteiger partial charge in [0, 0.05) is 18.4 Å². The molecule has 0 spiro atoms. The smallest absolute Gasteiger partial charge is 0.158 e. The Bertz CT molecular complexity index is 1060. The van der Waals surface area contributed by atoms with Crippen molar-refractivity contribution < 1.29 is 23.0 Å². The number of halogens is 2.